The van der Waals surface area contributed by atoms with Gasteiger partial charge in [0.05, 0.1) is 0 Å². The van der Waals surface area contributed by atoms with Crippen LogP contribution in [0.5, 0.6) is 0 Å². The van der Waals surface area contributed by atoms with E-state index in [9.17, 15) is 21.7 Å². The van der Waals surface area contributed by atoms with E-state index in [0.29, 0.717) is 0 Å². The van der Waals surface area contributed by atoms with Crippen LogP contribution in [0.2, 0.25) is 0 Å². The fourth-order valence-electron chi connectivity index (χ4n) is 2.25. The lowest BCUT2D eigenvalue weighted by Crippen LogP contribution is -2.22. The minimum atomic E-state index is -6.00. The van der Waals surface area contributed by atoms with Crippen molar-refractivity contribution >= 4 is 19.0 Å². The number of halogens is 5. The molecule has 0 bridgehead atoms. The lowest BCUT2D eigenvalue weighted by Gasteiger charge is -2.01. The lowest BCUT2D eigenvalue weighted by molar-refractivity contribution is -0.843. The second kappa shape index (κ2) is 8.40. The van der Waals surface area contributed by atoms with Crippen LogP contribution in [0.4, 0.5) is 21.7 Å². The summed E-state index contributed by atoms with van der Waals surface area (Å²) in [5.41, 5.74) is 2.94. The Morgan fingerprint density at radius 1 is 0.885 bits per heavy atom. The first-order valence-electron chi connectivity index (χ1n) is 7.45. The molecule has 138 valence electrons. The smallest absolute Gasteiger partial charge is 0.418 e. The minimum absolute atomic E-state index is 0.249. The van der Waals surface area contributed by atoms with E-state index < -0.39 is 7.25 Å². The van der Waals surface area contributed by atoms with E-state index in [2.05, 4.69) is 30.5 Å². The van der Waals surface area contributed by atoms with E-state index in [1.807, 2.05) is 13.2 Å². The van der Waals surface area contributed by atoms with E-state index >= 15 is 0 Å². The molecule has 1 aromatic heterocycles. The van der Waals surface area contributed by atoms with Crippen LogP contribution in [0.1, 0.15) is 0 Å². The normalized spacial score (nSPS) is 11.0. The maximum Gasteiger partial charge on any atom is 0.673 e. The van der Waals surface area contributed by atoms with Crippen LogP contribution in [-0.4, -0.2) is 13.5 Å². The summed E-state index contributed by atoms with van der Waals surface area (Å²) in [6, 6.07) is 14.7. The van der Waals surface area contributed by atoms with Crippen molar-refractivity contribution in [1.29, 1.82) is 0 Å². The van der Waals surface area contributed by atoms with E-state index in [1.54, 1.807) is 28.6 Å². The molecule has 1 heterocycles. The summed E-state index contributed by atoms with van der Waals surface area (Å²) >= 11 is 1.71. The van der Waals surface area contributed by atoms with Crippen molar-refractivity contribution in [2.24, 2.45) is 7.05 Å². The molecule has 0 radical (unpaired) electrons. The fraction of sp³-hybridized carbons (Fsp3) is 0.118. The Bertz CT molecular complexity index is 841. The van der Waals surface area contributed by atoms with Gasteiger partial charge in [-0.25, -0.2) is 8.91 Å². The Morgan fingerprint density at radius 2 is 1.38 bits per heavy atom. The Kier molecular flexibility index (Phi) is 6.47. The first kappa shape index (κ1) is 20.0. The van der Waals surface area contributed by atoms with E-state index in [0.717, 1.165) is 22.5 Å². The summed E-state index contributed by atoms with van der Waals surface area (Å²) in [5.74, 6) is 0.495. The Balaban J connectivity index is 0.000000431. The molecule has 0 N–H and O–H groups in total. The highest BCUT2D eigenvalue weighted by atomic mass is 32.2. The Labute approximate surface area is 151 Å². The van der Waals surface area contributed by atoms with Crippen molar-refractivity contribution in [2.75, 3.05) is 6.26 Å². The zero-order valence-electron chi connectivity index (χ0n) is 13.9. The predicted molar refractivity (Wildman–Crippen MR) is 92.7 cm³/mol. The number of benzene rings is 2. The van der Waals surface area contributed by atoms with Crippen LogP contribution in [0, 0.1) is 5.82 Å². The summed E-state index contributed by atoms with van der Waals surface area (Å²) in [6.45, 7) is 0. The van der Waals surface area contributed by atoms with Gasteiger partial charge in [-0.05, 0) is 53.0 Å². The quantitative estimate of drug-likeness (QED) is 0.252. The van der Waals surface area contributed by atoms with Crippen molar-refractivity contribution in [1.82, 2.24) is 0 Å². The third-order valence-electron chi connectivity index (χ3n) is 3.30. The first-order chi connectivity index (χ1) is 12.2. The maximum atomic E-state index is 13.1. The second-order valence-corrected chi connectivity index (χ2v) is 6.12. The molecule has 0 amide bonds. The number of rotatable bonds is 3. The van der Waals surface area contributed by atoms with Gasteiger partial charge in [0.25, 0.3) is 0 Å². The van der Waals surface area contributed by atoms with E-state index in [4.69, 9.17) is 4.52 Å². The monoisotopic (exact) mass is 387 g/mol. The molecule has 0 spiro atoms. The average Bonchev–Trinajstić information content (AvgIpc) is 2.96. The highest BCUT2D eigenvalue weighted by molar-refractivity contribution is 7.98. The molecule has 0 aliphatic rings. The molecule has 26 heavy (non-hydrogen) atoms. The number of aromatic nitrogens is 1. The third kappa shape index (κ3) is 5.91. The average molecular weight is 387 g/mol. The van der Waals surface area contributed by atoms with E-state index in [-0.39, 0.29) is 5.82 Å². The van der Waals surface area contributed by atoms with Gasteiger partial charge >= 0.3 is 7.25 Å². The topological polar surface area (TPSA) is 17.0 Å². The predicted octanol–water partition coefficient (Wildman–Crippen LogP) is 5.60. The van der Waals surface area contributed by atoms with Crippen LogP contribution < -0.4 is 4.74 Å². The van der Waals surface area contributed by atoms with Gasteiger partial charge in [0.1, 0.15) is 11.4 Å². The van der Waals surface area contributed by atoms with Crippen molar-refractivity contribution in [2.45, 2.75) is 4.90 Å². The van der Waals surface area contributed by atoms with Gasteiger partial charge in [-0.2, -0.15) is 0 Å². The van der Waals surface area contributed by atoms with Crippen LogP contribution in [0.15, 0.2) is 64.1 Å². The molecule has 0 aliphatic carbocycles. The fourth-order valence-corrected chi connectivity index (χ4v) is 2.65. The van der Waals surface area contributed by atoms with Gasteiger partial charge in [0, 0.05) is 10.5 Å². The first-order valence-corrected chi connectivity index (χ1v) is 8.67. The molecule has 0 fully saturated rings. The van der Waals surface area contributed by atoms with Gasteiger partial charge in [-0.1, -0.05) is 12.1 Å². The third-order valence-corrected chi connectivity index (χ3v) is 4.04. The molecule has 0 atom stereocenters. The highest BCUT2D eigenvalue weighted by Gasteiger charge is 2.20. The zero-order chi connectivity index (χ0) is 19.3. The highest BCUT2D eigenvalue weighted by Crippen LogP contribution is 2.32. The van der Waals surface area contributed by atoms with Gasteiger partial charge in [0.15, 0.2) is 7.05 Å². The summed E-state index contributed by atoms with van der Waals surface area (Å²) in [4.78, 5) is 1.22. The van der Waals surface area contributed by atoms with Crippen LogP contribution in [-0.2, 0) is 7.05 Å². The number of hydrogen-bond acceptors (Lipinski definition) is 2. The van der Waals surface area contributed by atoms with Crippen molar-refractivity contribution in [3.63, 3.8) is 0 Å². The molecule has 2 nitrogen and oxygen atoms in total. The lowest BCUT2D eigenvalue weighted by atomic mass is 10.0. The van der Waals surface area contributed by atoms with Gasteiger partial charge in [-0.3, -0.25) is 0 Å². The zero-order valence-corrected chi connectivity index (χ0v) is 14.7. The van der Waals surface area contributed by atoms with Crippen LogP contribution in [0.25, 0.3) is 22.5 Å². The molecule has 9 heteroatoms. The second-order valence-electron chi connectivity index (χ2n) is 5.24. The van der Waals surface area contributed by atoms with Crippen molar-refractivity contribution in [3.05, 3.63) is 60.5 Å². The number of hydrogen-bond donors (Lipinski definition) is 0. The summed E-state index contributed by atoms with van der Waals surface area (Å²) in [7, 11) is -4.16. The molecule has 0 saturated heterocycles. The van der Waals surface area contributed by atoms with E-state index in [1.165, 1.54) is 17.0 Å². The molecule has 0 aliphatic heterocycles. The minimum Gasteiger partial charge on any atom is -0.418 e. The largest absolute Gasteiger partial charge is 0.673 e. The maximum absolute atomic E-state index is 13.1. The Morgan fingerprint density at radius 3 is 1.88 bits per heavy atom. The molecular weight excluding hydrogens is 372 g/mol. The Hall–Kier alpha value is -2.29. The standard InChI is InChI=1S/C17H15FNOS.BF4/c1-19-11-16(12-5-9-15(21-2)10-6-12)17(20-19)13-3-7-14(18)8-4-13;2-1(3,4)5/h3-11H,1-2H3;/q+1;-1. The molecule has 0 unspecified atom stereocenters. The van der Waals surface area contributed by atoms with Gasteiger partial charge < -0.3 is 17.3 Å². The molecule has 3 aromatic rings. The van der Waals surface area contributed by atoms with Crippen LogP contribution >= 0.6 is 11.8 Å². The summed E-state index contributed by atoms with van der Waals surface area (Å²) < 4.78 is 59.5. The van der Waals surface area contributed by atoms with Crippen LogP contribution in [0.3, 0.4) is 0 Å². The number of nitrogens with zero attached hydrogens (tertiary/aromatic N) is 1. The molecule has 3 rings (SSSR count). The number of thioether (sulfide) groups is 1. The number of aryl methyl sites for hydroxylation is 1. The molecule has 0 saturated carbocycles. The summed E-state index contributed by atoms with van der Waals surface area (Å²) in [6.07, 6.45) is 3.99. The molecule has 2 aromatic carbocycles. The van der Waals surface area contributed by atoms with Gasteiger partial charge in [-0.15, -0.1) is 11.8 Å². The van der Waals surface area contributed by atoms with Crippen molar-refractivity contribution in [3.8, 4) is 22.5 Å². The summed E-state index contributed by atoms with van der Waals surface area (Å²) in [5, 5.41) is 0. The van der Waals surface area contributed by atoms with Crippen molar-refractivity contribution < 1.29 is 30.9 Å². The SMILES string of the molecule is CSc1ccc(-c2c[n+](C)oc2-c2ccc(F)cc2)cc1.F[B-](F)(F)F. The van der Waals surface area contributed by atoms with Gasteiger partial charge in [0.2, 0.25) is 12.0 Å². The molecular formula is C17H15BF5NOS.